The highest BCUT2D eigenvalue weighted by Gasteiger charge is 2.27. The molecule has 0 saturated carbocycles. The Labute approximate surface area is 125 Å². The number of fused-ring (bicyclic) bond motifs is 1. The van der Waals surface area contributed by atoms with E-state index in [9.17, 15) is 9.59 Å². The summed E-state index contributed by atoms with van der Waals surface area (Å²) in [4.78, 5) is 23.5. The quantitative estimate of drug-likeness (QED) is 0.914. The third-order valence-electron chi connectivity index (χ3n) is 3.34. The summed E-state index contributed by atoms with van der Waals surface area (Å²) in [6.45, 7) is 0.500. The summed E-state index contributed by atoms with van der Waals surface area (Å²) in [6, 6.07) is 10.6. The molecular formula is C15H13NO4S. The fourth-order valence-electron chi connectivity index (χ4n) is 2.34. The zero-order chi connectivity index (χ0) is 14.8. The molecule has 1 aliphatic heterocycles. The summed E-state index contributed by atoms with van der Waals surface area (Å²) in [5.41, 5.74) is 0.872. The van der Waals surface area contributed by atoms with Crippen molar-refractivity contribution >= 4 is 28.2 Å². The average Bonchev–Trinajstić information content (AvgIpc) is 2.95. The third kappa shape index (κ3) is 2.75. The van der Waals surface area contributed by atoms with E-state index in [0.717, 1.165) is 22.6 Å². The first-order valence-electron chi connectivity index (χ1n) is 6.51. The van der Waals surface area contributed by atoms with Gasteiger partial charge in [-0.25, -0.2) is 4.79 Å². The number of carboxylic acid groups (broad SMARTS) is 1. The van der Waals surface area contributed by atoms with Crippen LogP contribution in [0.5, 0.6) is 5.75 Å². The average molecular weight is 303 g/mol. The summed E-state index contributed by atoms with van der Waals surface area (Å²) in [7, 11) is 0. The molecule has 6 heteroatoms. The number of ether oxygens (including phenoxy) is 1. The van der Waals surface area contributed by atoms with Crippen LogP contribution < -0.4 is 10.1 Å². The second-order valence-corrected chi connectivity index (χ2v) is 5.77. The maximum absolute atomic E-state index is 12.4. The van der Waals surface area contributed by atoms with E-state index in [0.29, 0.717) is 18.0 Å². The van der Waals surface area contributed by atoms with Crippen molar-refractivity contribution < 1.29 is 19.4 Å². The van der Waals surface area contributed by atoms with Gasteiger partial charge >= 0.3 is 5.97 Å². The number of carbonyl (C=O) groups excluding carboxylic acids is 1. The lowest BCUT2D eigenvalue weighted by Crippen LogP contribution is -2.26. The van der Waals surface area contributed by atoms with Crippen LogP contribution in [0.3, 0.4) is 0 Å². The molecule has 2 aromatic rings. The van der Waals surface area contributed by atoms with Gasteiger partial charge in [0.2, 0.25) is 5.91 Å². The van der Waals surface area contributed by atoms with E-state index in [1.807, 2.05) is 24.3 Å². The summed E-state index contributed by atoms with van der Waals surface area (Å²) < 4.78 is 5.53. The molecule has 1 aromatic heterocycles. The summed E-state index contributed by atoms with van der Waals surface area (Å²) in [5.74, 6) is -0.659. The molecule has 1 aromatic carbocycles. The molecule has 3 rings (SSSR count). The molecule has 5 nitrogen and oxygen atoms in total. The molecule has 108 valence electrons. The fourth-order valence-corrected chi connectivity index (χ4v) is 3.09. The Morgan fingerprint density at radius 3 is 2.81 bits per heavy atom. The van der Waals surface area contributed by atoms with E-state index in [4.69, 9.17) is 9.84 Å². The Balaban J connectivity index is 1.78. The van der Waals surface area contributed by atoms with Crippen LogP contribution in [0.25, 0.3) is 0 Å². The highest BCUT2D eigenvalue weighted by atomic mass is 32.1. The van der Waals surface area contributed by atoms with Crippen molar-refractivity contribution in [3.05, 3.63) is 46.8 Å². The van der Waals surface area contributed by atoms with E-state index in [2.05, 4.69) is 5.32 Å². The Hall–Kier alpha value is -2.34. The van der Waals surface area contributed by atoms with Gasteiger partial charge in [0.05, 0.1) is 17.5 Å². The van der Waals surface area contributed by atoms with Crippen LogP contribution in [0.15, 0.2) is 36.4 Å². The van der Waals surface area contributed by atoms with Gasteiger partial charge < -0.3 is 15.2 Å². The molecule has 1 amide bonds. The Morgan fingerprint density at radius 2 is 2.05 bits per heavy atom. The molecule has 0 fully saturated rings. The van der Waals surface area contributed by atoms with Gasteiger partial charge in [-0.3, -0.25) is 4.79 Å². The molecule has 0 radical (unpaired) electrons. The van der Waals surface area contributed by atoms with E-state index in [1.54, 1.807) is 6.07 Å². The van der Waals surface area contributed by atoms with Crippen LogP contribution in [0.1, 0.15) is 27.6 Å². The number of benzene rings is 1. The van der Waals surface area contributed by atoms with Gasteiger partial charge in [0, 0.05) is 5.56 Å². The normalized spacial score (nSPS) is 16.7. The minimum absolute atomic E-state index is 0.135. The number of thiophene rings is 1. The van der Waals surface area contributed by atoms with Crippen molar-refractivity contribution in [3.63, 3.8) is 0 Å². The molecule has 0 aliphatic carbocycles. The summed E-state index contributed by atoms with van der Waals surface area (Å²) in [5, 5.41) is 12.2. The first-order chi connectivity index (χ1) is 10.1. The molecule has 0 spiro atoms. The number of anilines is 1. The highest BCUT2D eigenvalue weighted by Crippen LogP contribution is 2.34. The van der Waals surface area contributed by atoms with Gasteiger partial charge in [0.15, 0.2) is 0 Å². The van der Waals surface area contributed by atoms with Crippen LogP contribution in [-0.2, 0) is 4.79 Å². The SMILES string of the molecule is O=C(O)c1ccc(NC(=O)C2CCOc3ccccc32)s1. The van der Waals surface area contributed by atoms with Gasteiger partial charge in [-0.05, 0) is 24.6 Å². The molecule has 21 heavy (non-hydrogen) atoms. The topological polar surface area (TPSA) is 75.6 Å². The number of hydrogen-bond donors (Lipinski definition) is 2. The Morgan fingerprint density at radius 1 is 1.24 bits per heavy atom. The number of amides is 1. The lowest BCUT2D eigenvalue weighted by molar-refractivity contribution is -0.118. The predicted molar refractivity (Wildman–Crippen MR) is 79.2 cm³/mol. The molecule has 1 unspecified atom stereocenters. The van der Waals surface area contributed by atoms with Gasteiger partial charge in [-0.1, -0.05) is 18.2 Å². The Bertz CT molecular complexity index is 694. The van der Waals surface area contributed by atoms with Gasteiger partial charge in [-0.2, -0.15) is 0 Å². The zero-order valence-electron chi connectivity index (χ0n) is 11.0. The predicted octanol–water partition coefficient (Wildman–Crippen LogP) is 2.95. The van der Waals surface area contributed by atoms with E-state index in [1.165, 1.54) is 6.07 Å². The van der Waals surface area contributed by atoms with Crippen LogP contribution in [-0.4, -0.2) is 23.6 Å². The van der Waals surface area contributed by atoms with Gasteiger partial charge in [0.1, 0.15) is 10.6 Å². The van der Waals surface area contributed by atoms with E-state index in [-0.39, 0.29) is 16.7 Å². The number of para-hydroxylation sites is 1. The zero-order valence-corrected chi connectivity index (χ0v) is 11.9. The molecule has 0 saturated heterocycles. The Kier molecular flexibility index (Phi) is 3.62. The smallest absolute Gasteiger partial charge is 0.345 e. The molecule has 2 N–H and O–H groups in total. The second-order valence-electron chi connectivity index (χ2n) is 4.69. The lowest BCUT2D eigenvalue weighted by atomic mass is 9.92. The third-order valence-corrected chi connectivity index (χ3v) is 4.33. The minimum Gasteiger partial charge on any atom is -0.493 e. The second kappa shape index (κ2) is 5.57. The van der Waals surface area contributed by atoms with Crippen molar-refractivity contribution in [1.82, 2.24) is 0 Å². The van der Waals surface area contributed by atoms with Gasteiger partial charge in [0.25, 0.3) is 0 Å². The van der Waals surface area contributed by atoms with Crippen LogP contribution >= 0.6 is 11.3 Å². The van der Waals surface area contributed by atoms with Crippen LogP contribution in [0.4, 0.5) is 5.00 Å². The minimum atomic E-state index is -0.989. The number of carboxylic acids is 1. The fraction of sp³-hybridized carbons (Fsp3) is 0.200. The lowest BCUT2D eigenvalue weighted by Gasteiger charge is -2.24. The molecule has 2 heterocycles. The first-order valence-corrected chi connectivity index (χ1v) is 7.32. The monoisotopic (exact) mass is 303 g/mol. The van der Waals surface area contributed by atoms with Crippen molar-refractivity contribution in [2.75, 3.05) is 11.9 Å². The number of rotatable bonds is 3. The number of carbonyl (C=O) groups is 2. The van der Waals surface area contributed by atoms with E-state index >= 15 is 0 Å². The molecular weight excluding hydrogens is 290 g/mol. The van der Waals surface area contributed by atoms with E-state index < -0.39 is 5.97 Å². The highest BCUT2D eigenvalue weighted by molar-refractivity contribution is 7.18. The molecule has 0 bridgehead atoms. The maximum atomic E-state index is 12.4. The van der Waals surface area contributed by atoms with Gasteiger partial charge in [-0.15, -0.1) is 11.3 Å². The number of hydrogen-bond acceptors (Lipinski definition) is 4. The van der Waals surface area contributed by atoms with Crippen molar-refractivity contribution in [1.29, 1.82) is 0 Å². The maximum Gasteiger partial charge on any atom is 0.345 e. The molecule has 1 atom stereocenters. The van der Waals surface area contributed by atoms with Crippen LogP contribution in [0, 0.1) is 0 Å². The largest absolute Gasteiger partial charge is 0.493 e. The number of nitrogens with one attached hydrogen (secondary N) is 1. The summed E-state index contributed by atoms with van der Waals surface area (Å²) >= 11 is 1.05. The number of aromatic carboxylic acids is 1. The standard InChI is InChI=1S/C15H13NO4S/c17-14(16-13-6-5-12(21-13)15(18)19)10-7-8-20-11-4-2-1-3-9(10)11/h1-6,10H,7-8H2,(H,16,17)(H,18,19). The first kappa shape index (κ1) is 13.6. The van der Waals surface area contributed by atoms with Crippen LogP contribution in [0.2, 0.25) is 0 Å². The molecule has 1 aliphatic rings. The summed E-state index contributed by atoms with van der Waals surface area (Å²) in [6.07, 6.45) is 0.611. The van der Waals surface area contributed by atoms with Crippen molar-refractivity contribution in [2.45, 2.75) is 12.3 Å². The van der Waals surface area contributed by atoms with Crippen molar-refractivity contribution in [2.24, 2.45) is 0 Å². The van der Waals surface area contributed by atoms with Crippen molar-refractivity contribution in [3.8, 4) is 5.75 Å².